The highest BCUT2D eigenvalue weighted by Crippen LogP contribution is 2.27. The van der Waals surface area contributed by atoms with Gasteiger partial charge in [-0.15, -0.1) is 0 Å². The van der Waals surface area contributed by atoms with Crippen LogP contribution in [-0.2, 0) is 4.79 Å². The molecule has 1 unspecified atom stereocenters. The minimum atomic E-state index is -0.00306. The zero-order valence-corrected chi connectivity index (χ0v) is 10.1. The lowest BCUT2D eigenvalue weighted by Gasteiger charge is -2.45. The summed E-state index contributed by atoms with van der Waals surface area (Å²) in [5.74, 6) is 0.739. The summed E-state index contributed by atoms with van der Waals surface area (Å²) >= 11 is 0. The fourth-order valence-electron chi connectivity index (χ4n) is 2.74. The molecule has 0 spiro atoms. The van der Waals surface area contributed by atoms with Crippen molar-refractivity contribution in [2.45, 2.75) is 25.3 Å². The van der Waals surface area contributed by atoms with Crippen molar-refractivity contribution in [2.75, 3.05) is 32.7 Å². The quantitative estimate of drug-likeness (QED) is 0.643. The summed E-state index contributed by atoms with van der Waals surface area (Å²) in [7, 11) is 0. The molecule has 3 heterocycles. The van der Waals surface area contributed by atoms with Gasteiger partial charge in [0.15, 0.2) is 0 Å². The molecule has 0 aromatic rings. The van der Waals surface area contributed by atoms with Crippen LogP contribution in [0.2, 0.25) is 0 Å². The molecule has 0 saturated carbocycles. The zero-order valence-electron chi connectivity index (χ0n) is 10.1. The van der Waals surface area contributed by atoms with E-state index in [1.807, 2.05) is 6.07 Å². The Bertz CT molecular complexity index is 304. The molecule has 0 aromatic heterocycles. The van der Waals surface area contributed by atoms with Crippen LogP contribution < -0.4 is 10.6 Å². The predicted octanol–water partition coefficient (Wildman–Crippen LogP) is -0.300. The van der Waals surface area contributed by atoms with Crippen molar-refractivity contribution in [3.05, 3.63) is 0 Å². The van der Waals surface area contributed by atoms with E-state index in [0.29, 0.717) is 25.6 Å². The second-order valence-electron chi connectivity index (χ2n) is 4.88. The normalized spacial score (nSPS) is 30.9. The lowest BCUT2D eigenvalue weighted by molar-refractivity contribution is -0.120. The van der Waals surface area contributed by atoms with Gasteiger partial charge in [-0.1, -0.05) is 0 Å². The lowest BCUT2D eigenvalue weighted by Crippen LogP contribution is -2.57. The van der Waals surface area contributed by atoms with E-state index in [1.54, 1.807) is 0 Å². The van der Waals surface area contributed by atoms with Crippen molar-refractivity contribution in [1.82, 2.24) is 15.5 Å². The summed E-state index contributed by atoms with van der Waals surface area (Å²) in [6.45, 7) is 4.35. The zero-order chi connectivity index (χ0) is 12.1. The summed E-state index contributed by atoms with van der Waals surface area (Å²) in [4.78, 5) is 13.9. The first-order chi connectivity index (χ1) is 8.29. The topological polar surface area (TPSA) is 68.2 Å². The van der Waals surface area contributed by atoms with Gasteiger partial charge in [0.2, 0.25) is 5.91 Å². The molecule has 0 radical (unpaired) electrons. The van der Waals surface area contributed by atoms with E-state index in [0.717, 1.165) is 12.5 Å². The minimum Gasteiger partial charge on any atom is -0.354 e. The average Bonchev–Trinajstić information content (AvgIpc) is 2.38. The Labute approximate surface area is 102 Å². The van der Waals surface area contributed by atoms with Gasteiger partial charge in [0, 0.05) is 19.1 Å². The molecule has 2 N–H and O–H groups in total. The maximum absolute atomic E-state index is 11.5. The molecule has 3 fully saturated rings. The van der Waals surface area contributed by atoms with Crippen LogP contribution in [0.5, 0.6) is 0 Å². The van der Waals surface area contributed by atoms with Crippen molar-refractivity contribution in [2.24, 2.45) is 5.92 Å². The molecule has 3 aliphatic heterocycles. The summed E-state index contributed by atoms with van der Waals surface area (Å²) in [6, 6.07) is 2.48. The fraction of sp³-hybridized carbons (Fsp3) is 0.833. The van der Waals surface area contributed by atoms with Crippen molar-refractivity contribution in [1.29, 1.82) is 5.26 Å². The van der Waals surface area contributed by atoms with Crippen molar-refractivity contribution in [3.63, 3.8) is 0 Å². The number of amides is 1. The van der Waals surface area contributed by atoms with E-state index in [9.17, 15) is 4.79 Å². The molecule has 1 atom stereocenters. The van der Waals surface area contributed by atoms with Gasteiger partial charge in [-0.3, -0.25) is 4.79 Å². The van der Waals surface area contributed by atoms with Crippen LogP contribution in [0.25, 0.3) is 0 Å². The van der Waals surface area contributed by atoms with Gasteiger partial charge in [-0.25, -0.2) is 0 Å². The smallest absolute Gasteiger partial charge is 0.234 e. The highest BCUT2D eigenvalue weighted by molar-refractivity contribution is 5.78. The molecule has 3 saturated heterocycles. The molecule has 2 bridgehead atoms. The summed E-state index contributed by atoms with van der Waals surface area (Å²) in [6.07, 6.45) is 2.90. The Morgan fingerprint density at radius 3 is 2.76 bits per heavy atom. The van der Waals surface area contributed by atoms with E-state index >= 15 is 0 Å². The molecule has 1 amide bonds. The number of piperidine rings is 3. The molecule has 17 heavy (non-hydrogen) atoms. The van der Waals surface area contributed by atoms with Gasteiger partial charge in [-0.2, -0.15) is 5.26 Å². The Balaban J connectivity index is 1.65. The first kappa shape index (κ1) is 12.3. The largest absolute Gasteiger partial charge is 0.354 e. The van der Waals surface area contributed by atoms with Crippen LogP contribution >= 0.6 is 0 Å². The number of nitrogens with zero attached hydrogens (tertiary/aromatic N) is 2. The van der Waals surface area contributed by atoms with Crippen LogP contribution in [0.4, 0.5) is 0 Å². The monoisotopic (exact) mass is 236 g/mol. The lowest BCUT2D eigenvalue weighted by atomic mass is 9.84. The number of carbonyl (C=O) groups is 1. The van der Waals surface area contributed by atoms with Crippen molar-refractivity contribution < 1.29 is 4.79 Å². The molecule has 5 heteroatoms. The Hall–Kier alpha value is -1.12. The molecule has 94 valence electrons. The first-order valence-corrected chi connectivity index (χ1v) is 6.39. The molecular weight excluding hydrogens is 216 g/mol. The van der Waals surface area contributed by atoms with Gasteiger partial charge >= 0.3 is 0 Å². The highest BCUT2D eigenvalue weighted by atomic mass is 16.1. The minimum absolute atomic E-state index is 0.00306. The predicted molar refractivity (Wildman–Crippen MR) is 64.2 cm³/mol. The maximum Gasteiger partial charge on any atom is 0.234 e. The average molecular weight is 236 g/mol. The number of hydrogen-bond acceptors (Lipinski definition) is 4. The molecular formula is C12H20N4O. The SMILES string of the molecule is N#CCCNC(=O)CNC1CN2CCC1CC2. The molecule has 0 aromatic carbocycles. The number of fused-ring (bicyclic) bond motifs is 3. The van der Waals surface area contributed by atoms with Gasteiger partial charge in [-0.05, 0) is 31.8 Å². The fourth-order valence-corrected chi connectivity index (χ4v) is 2.74. The third-order valence-corrected chi connectivity index (χ3v) is 3.74. The molecule has 3 rings (SSSR count). The summed E-state index contributed by atoms with van der Waals surface area (Å²) in [5.41, 5.74) is 0. The van der Waals surface area contributed by atoms with E-state index in [2.05, 4.69) is 15.5 Å². The Kier molecular flexibility index (Phi) is 4.35. The van der Waals surface area contributed by atoms with Crippen LogP contribution in [-0.4, -0.2) is 49.6 Å². The highest BCUT2D eigenvalue weighted by Gasteiger charge is 2.33. The van der Waals surface area contributed by atoms with Crippen LogP contribution in [0, 0.1) is 17.2 Å². The third-order valence-electron chi connectivity index (χ3n) is 3.74. The van der Waals surface area contributed by atoms with Gasteiger partial charge < -0.3 is 15.5 Å². The molecule has 0 aliphatic carbocycles. The Morgan fingerprint density at radius 1 is 1.41 bits per heavy atom. The van der Waals surface area contributed by atoms with Crippen molar-refractivity contribution in [3.8, 4) is 6.07 Å². The first-order valence-electron chi connectivity index (χ1n) is 6.39. The van der Waals surface area contributed by atoms with Crippen LogP contribution in [0.1, 0.15) is 19.3 Å². The number of nitrogens with one attached hydrogen (secondary N) is 2. The Morgan fingerprint density at radius 2 is 2.18 bits per heavy atom. The van der Waals surface area contributed by atoms with E-state index in [1.165, 1.54) is 25.9 Å². The standard InChI is InChI=1S/C12H20N4O/c13-4-1-5-14-12(17)8-15-11-9-16-6-2-10(11)3-7-16/h10-11,15H,1-3,5-9H2,(H,14,17). The third kappa shape index (κ3) is 3.42. The second kappa shape index (κ2) is 5.99. The number of hydrogen-bond donors (Lipinski definition) is 2. The van der Waals surface area contributed by atoms with Gasteiger partial charge in [0.05, 0.1) is 19.0 Å². The van der Waals surface area contributed by atoms with E-state index in [-0.39, 0.29) is 5.91 Å². The molecule has 3 aliphatic rings. The van der Waals surface area contributed by atoms with Crippen LogP contribution in [0.3, 0.4) is 0 Å². The number of nitriles is 1. The number of rotatable bonds is 5. The summed E-state index contributed by atoms with van der Waals surface area (Å²) < 4.78 is 0. The van der Waals surface area contributed by atoms with E-state index < -0.39 is 0 Å². The second-order valence-corrected chi connectivity index (χ2v) is 4.88. The van der Waals surface area contributed by atoms with Gasteiger partial charge in [0.25, 0.3) is 0 Å². The number of carbonyl (C=O) groups excluding carboxylic acids is 1. The van der Waals surface area contributed by atoms with Crippen LogP contribution in [0.15, 0.2) is 0 Å². The van der Waals surface area contributed by atoms with E-state index in [4.69, 9.17) is 5.26 Å². The summed E-state index contributed by atoms with van der Waals surface area (Å²) in [5, 5.41) is 14.4. The maximum atomic E-state index is 11.5. The van der Waals surface area contributed by atoms with Crippen molar-refractivity contribution >= 4 is 5.91 Å². The molecule has 5 nitrogen and oxygen atoms in total. The van der Waals surface area contributed by atoms with Gasteiger partial charge in [0.1, 0.15) is 0 Å².